The molecule has 0 atom stereocenters. The molecule has 2 aromatic rings. The maximum absolute atomic E-state index is 10.2. The number of fused-ring (bicyclic) bond motifs is 3. The predicted octanol–water partition coefficient (Wildman–Crippen LogP) is 3.42. The van der Waals surface area contributed by atoms with Gasteiger partial charge in [-0.3, -0.25) is 9.11 Å². The van der Waals surface area contributed by atoms with Crippen LogP contribution in [0.4, 0.5) is 5.69 Å². The van der Waals surface area contributed by atoms with Gasteiger partial charge in [-0.2, -0.15) is 0 Å². The lowest BCUT2D eigenvalue weighted by atomic mass is 10.1. The van der Waals surface area contributed by atoms with E-state index in [1.54, 1.807) is 18.2 Å². The fraction of sp³-hybridized carbons (Fsp3) is 0. The summed E-state index contributed by atoms with van der Waals surface area (Å²) in [6.45, 7) is 0. The Morgan fingerprint density at radius 3 is 2.38 bits per heavy atom. The minimum absolute atomic E-state index is 0.536. The number of hydrogen-bond acceptors (Lipinski definition) is 3. The Bertz CT molecular complexity index is 581. The van der Waals surface area contributed by atoms with E-state index in [0.29, 0.717) is 15.5 Å². The first-order valence-electron chi connectivity index (χ1n) is 4.88. The van der Waals surface area contributed by atoms with Crippen LogP contribution in [0.5, 0.6) is 0 Å². The van der Waals surface area contributed by atoms with Crippen LogP contribution < -0.4 is 5.73 Å². The Kier molecular flexibility index (Phi) is 1.83. The van der Waals surface area contributed by atoms with E-state index >= 15 is 0 Å². The average molecular weight is 233 g/mol. The maximum Gasteiger partial charge on any atom is 0.0736 e. The monoisotopic (exact) mass is 233 g/mol. The van der Waals surface area contributed by atoms with E-state index in [9.17, 15) is 9.11 Å². The van der Waals surface area contributed by atoms with Crippen molar-refractivity contribution in [3.05, 3.63) is 42.5 Å². The van der Waals surface area contributed by atoms with Crippen LogP contribution in [0.25, 0.3) is 11.1 Å². The van der Waals surface area contributed by atoms with Gasteiger partial charge in [-0.1, -0.05) is 24.3 Å². The van der Waals surface area contributed by atoms with Crippen LogP contribution >= 0.6 is 10.6 Å². The van der Waals surface area contributed by atoms with Crippen molar-refractivity contribution < 1.29 is 9.11 Å². The third kappa shape index (κ3) is 1.12. The van der Waals surface area contributed by atoms with Crippen LogP contribution in [0.1, 0.15) is 0 Å². The Balaban J connectivity index is 2.39. The van der Waals surface area contributed by atoms with Crippen molar-refractivity contribution in [1.29, 1.82) is 0 Å². The molecule has 4 N–H and O–H groups in total. The van der Waals surface area contributed by atoms with E-state index in [-0.39, 0.29) is 0 Å². The van der Waals surface area contributed by atoms with Gasteiger partial charge in [-0.25, -0.2) is 0 Å². The highest BCUT2D eigenvalue weighted by atomic mass is 32.3. The average Bonchev–Trinajstić information content (AvgIpc) is 2.49. The standard InChI is InChI=1S/C12H11NO2S/c13-8-5-6-10-9-3-1-2-4-11(9)16(14,15)12(10)7-8/h1-7,14-15H,13H2. The molecule has 0 bridgehead atoms. The summed E-state index contributed by atoms with van der Waals surface area (Å²) in [6.07, 6.45) is 0. The highest BCUT2D eigenvalue weighted by Crippen LogP contribution is 2.66. The van der Waals surface area contributed by atoms with E-state index < -0.39 is 10.6 Å². The highest BCUT2D eigenvalue weighted by Gasteiger charge is 2.32. The van der Waals surface area contributed by atoms with Gasteiger partial charge >= 0.3 is 0 Å². The molecule has 0 amide bonds. The van der Waals surface area contributed by atoms with Crippen LogP contribution in [0.2, 0.25) is 0 Å². The fourth-order valence-corrected chi connectivity index (χ4v) is 3.83. The molecule has 0 aromatic heterocycles. The summed E-state index contributed by atoms with van der Waals surface area (Å²) in [7, 11) is -2.87. The van der Waals surface area contributed by atoms with Crippen LogP contribution in [-0.4, -0.2) is 9.11 Å². The molecular formula is C12H11NO2S. The first-order chi connectivity index (χ1) is 7.60. The summed E-state index contributed by atoms with van der Waals surface area (Å²) in [5.74, 6) is 0. The first kappa shape index (κ1) is 9.72. The molecule has 4 heteroatoms. The molecular weight excluding hydrogens is 222 g/mol. The zero-order valence-electron chi connectivity index (χ0n) is 8.42. The smallest absolute Gasteiger partial charge is 0.0736 e. The lowest BCUT2D eigenvalue weighted by Gasteiger charge is -2.28. The summed E-state index contributed by atoms with van der Waals surface area (Å²) in [4.78, 5) is 1.13. The quantitative estimate of drug-likeness (QED) is 0.611. The number of nitrogen functional groups attached to an aromatic ring is 1. The number of rotatable bonds is 0. The molecule has 3 rings (SSSR count). The van der Waals surface area contributed by atoms with Gasteiger partial charge < -0.3 is 5.73 Å². The molecule has 0 spiro atoms. The second kappa shape index (κ2) is 3.01. The minimum atomic E-state index is -2.87. The number of anilines is 1. The summed E-state index contributed by atoms with van der Waals surface area (Å²) >= 11 is 0. The number of benzene rings is 2. The number of nitrogens with two attached hydrogens (primary N) is 1. The molecule has 1 heterocycles. The largest absolute Gasteiger partial charge is 0.399 e. The molecule has 0 aliphatic carbocycles. The summed E-state index contributed by atoms with van der Waals surface area (Å²) in [5.41, 5.74) is 7.98. The van der Waals surface area contributed by atoms with Gasteiger partial charge in [0.05, 0.1) is 9.79 Å². The van der Waals surface area contributed by atoms with E-state index in [2.05, 4.69) is 0 Å². The lowest BCUT2D eigenvalue weighted by molar-refractivity contribution is 0.490. The molecule has 16 heavy (non-hydrogen) atoms. The topological polar surface area (TPSA) is 66.5 Å². The van der Waals surface area contributed by atoms with Gasteiger partial charge in [-0.15, -0.1) is 10.6 Å². The molecule has 0 saturated carbocycles. The third-order valence-electron chi connectivity index (χ3n) is 2.80. The summed E-state index contributed by atoms with van der Waals surface area (Å²) in [6, 6.07) is 12.6. The Morgan fingerprint density at radius 2 is 1.56 bits per heavy atom. The van der Waals surface area contributed by atoms with Gasteiger partial charge in [0.2, 0.25) is 0 Å². The van der Waals surface area contributed by atoms with Crippen LogP contribution in [0.3, 0.4) is 0 Å². The summed E-state index contributed by atoms with van der Waals surface area (Å²) in [5, 5.41) is 0. The Hall–Kier alpha value is -1.49. The Morgan fingerprint density at radius 1 is 0.875 bits per heavy atom. The van der Waals surface area contributed by atoms with E-state index in [4.69, 9.17) is 5.73 Å². The van der Waals surface area contributed by atoms with Gasteiger partial charge in [-0.05, 0) is 18.2 Å². The first-order valence-corrected chi connectivity index (χ1v) is 6.42. The molecule has 0 radical (unpaired) electrons. The van der Waals surface area contributed by atoms with Gasteiger partial charge in [0.15, 0.2) is 0 Å². The maximum atomic E-state index is 10.2. The van der Waals surface area contributed by atoms with Crippen molar-refractivity contribution in [3.8, 4) is 11.1 Å². The molecule has 0 fully saturated rings. The lowest BCUT2D eigenvalue weighted by Crippen LogP contribution is -1.95. The highest BCUT2D eigenvalue weighted by molar-refractivity contribution is 8.24. The van der Waals surface area contributed by atoms with Crippen LogP contribution in [0, 0.1) is 0 Å². The molecule has 82 valence electrons. The van der Waals surface area contributed by atoms with Crippen LogP contribution in [-0.2, 0) is 0 Å². The van der Waals surface area contributed by atoms with Gasteiger partial charge in [0.1, 0.15) is 0 Å². The molecule has 0 saturated heterocycles. The van der Waals surface area contributed by atoms with E-state index in [1.165, 1.54) is 0 Å². The SMILES string of the molecule is Nc1ccc2c(c1)S(O)(O)c1ccccc1-2. The van der Waals surface area contributed by atoms with Gasteiger partial charge in [0.25, 0.3) is 0 Å². The molecule has 1 aliphatic rings. The second-order valence-electron chi connectivity index (χ2n) is 3.80. The fourth-order valence-electron chi connectivity index (χ4n) is 2.05. The van der Waals surface area contributed by atoms with Crippen molar-refractivity contribution >= 4 is 16.3 Å². The van der Waals surface area contributed by atoms with Crippen molar-refractivity contribution in [2.75, 3.05) is 5.73 Å². The minimum Gasteiger partial charge on any atom is -0.399 e. The van der Waals surface area contributed by atoms with E-state index in [1.807, 2.05) is 24.3 Å². The molecule has 2 aromatic carbocycles. The van der Waals surface area contributed by atoms with Crippen molar-refractivity contribution in [2.24, 2.45) is 0 Å². The van der Waals surface area contributed by atoms with Crippen molar-refractivity contribution in [2.45, 2.75) is 9.79 Å². The van der Waals surface area contributed by atoms with Crippen LogP contribution in [0.15, 0.2) is 52.3 Å². The van der Waals surface area contributed by atoms with E-state index in [0.717, 1.165) is 11.1 Å². The Labute approximate surface area is 94.9 Å². The zero-order valence-corrected chi connectivity index (χ0v) is 9.24. The van der Waals surface area contributed by atoms with Gasteiger partial charge in [0, 0.05) is 16.8 Å². The van der Waals surface area contributed by atoms with Crippen molar-refractivity contribution in [1.82, 2.24) is 0 Å². The predicted molar refractivity (Wildman–Crippen MR) is 65.7 cm³/mol. The second-order valence-corrected chi connectivity index (χ2v) is 5.78. The van der Waals surface area contributed by atoms with Crippen molar-refractivity contribution in [3.63, 3.8) is 0 Å². The normalized spacial score (nSPS) is 17.6. The zero-order chi connectivity index (χ0) is 11.3. The summed E-state index contributed by atoms with van der Waals surface area (Å²) < 4.78 is 20.4. The number of hydrogen-bond donors (Lipinski definition) is 3. The molecule has 0 unspecified atom stereocenters. The third-order valence-corrected chi connectivity index (χ3v) is 4.72. The molecule has 1 aliphatic heterocycles. The molecule has 3 nitrogen and oxygen atoms in total.